The van der Waals surface area contributed by atoms with Crippen LogP contribution < -0.4 is 14.8 Å². The summed E-state index contributed by atoms with van der Waals surface area (Å²) in [5.41, 5.74) is 2.42. The highest BCUT2D eigenvalue weighted by Crippen LogP contribution is 2.37. The minimum Gasteiger partial charge on any atom is -0.493 e. The molecule has 1 aliphatic heterocycles. The Morgan fingerprint density at radius 1 is 1.06 bits per heavy atom. The number of thioether (sulfide) groups is 1. The van der Waals surface area contributed by atoms with Crippen molar-refractivity contribution >= 4 is 73.7 Å². The number of carbonyl (C=O) groups is 1. The van der Waals surface area contributed by atoms with Gasteiger partial charge in [-0.3, -0.25) is 4.79 Å². The molecule has 1 aliphatic rings. The first-order valence-corrected chi connectivity index (χ1v) is 12.1. The highest BCUT2D eigenvalue weighted by molar-refractivity contribution is 9.10. The molecule has 1 amide bonds. The van der Waals surface area contributed by atoms with Crippen LogP contribution in [0.4, 0.5) is 5.69 Å². The van der Waals surface area contributed by atoms with Gasteiger partial charge in [0.1, 0.15) is 6.61 Å². The van der Waals surface area contributed by atoms with E-state index in [-0.39, 0.29) is 12.5 Å². The number of rotatable bonds is 6. The molecule has 0 unspecified atom stereocenters. The second-order valence-electron chi connectivity index (χ2n) is 6.88. The molecule has 168 valence electrons. The van der Waals surface area contributed by atoms with Crippen LogP contribution >= 0.6 is 50.9 Å². The monoisotopic (exact) mass is 562 g/mol. The first kappa shape index (κ1) is 23.7. The molecular formula is C24H17BrCl2N2O3S. The largest absolute Gasteiger partial charge is 0.493 e. The van der Waals surface area contributed by atoms with Crippen LogP contribution in [0.5, 0.6) is 11.5 Å². The standard InChI is InChI=1S/C24H17BrCl2N2O3S/c1-31-20-10-15(11-22-23(30)29-24(33-22)28-16-5-3-2-4-6-16)17(25)12-21(20)32-13-14-7-8-18(26)19(27)9-14/h2-12H,13H2,1H3,(H,28,29,30)/b22-11+. The summed E-state index contributed by atoms with van der Waals surface area (Å²) in [5, 5.41) is 4.28. The molecule has 1 fully saturated rings. The number of amides is 1. The zero-order valence-electron chi connectivity index (χ0n) is 17.3. The Morgan fingerprint density at radius 3 is 2.58 bits per heavy atom. The minimum absolute atomic E-state index is 0.208. The van der Waals surface area contributed by atoms with Gasteiger partial charge < -0.3 is 14.8 Å². The molecule has 0 atom stereocenters. The normalized spacial score (nSPS) is 15.7. The van der Waals surface area contributed by atoms with Crippen LogP contribution in [-0.4, -0.2) is 18.2 Å². The van der Waals surface area contributed by atoms with Crippen molar-refractivity contribution in [2.75, 3.05) is 7.11 Å². The Bertz CT molecular complexity index is 1270. The summed E-state index contributed by atoms with van der Waals surface area (Å²) in [6, 6.07) is 18.4. The van der Waals surface area contributed by atoms with Crippen molar-refractivity contribution < 1.29 is 14.3 Å². The van der Waals surface area contributed by atoms with Crippen LogP contribution in [0, 0.1) is 0 Å². The fourth-order valence-corrected chi connectivity index (χ4v) is 4.56. The topological polar surface area (TPSA) is 59.9 Å². The Hall–Kier alpha value is -2.45. The molecule has 1 N–H and O–H groups in total. The summed E-state index contributed by atoms with van der Waals surface area (Å²) in [6.07, 6.45) is 1.78. The Balaban J connectivity index is 1.53. The number of amidine groups is 1. The lowest BCUT2D eigenvalue weighted by atomic mass is 10.1. The van der Waals surface area contributed by atoms with E-state index < -0.39 is 0 Å². The number of halogens is 3. The van der Waals surface area contributed by atoms with Gasteiger partial charge in [0.15, 0.2) is 16.7 Å². The lowest BCUT2D eigenvalue weighted by Crippen LogP contribution is -2.19. The van der Waals surface area contributed by atoms with E-state index in [1.807, 2.05) is 36.4 Å². The van der Waals surface area contributed by atoms with Gasteiger partial charge in [0.05, 0.1) is 27.7 Å². The van der Waals surface area contributed by atoms with E-state index in [2.05, 4.69) is 26.2 Å². The molecule has 0 radical (unpaired) electrons. The summed E-state index contributed by atoms with van der Waals surface area (Å²) in [7, 11) is 1.56. The number of aliphatic imine (C=N–C) groups is 1. The molecule has 4 rings (SSSR count). The number of carbonyl (C=O) groups excluding carboxylic acids is 1. The number of para-hydroxylation sites is 1. The fourth-order valence-electron chi connectivity index (χ4n) is 2.97. The second kappa shape index (κ2) is 10.7. The molecule has 1 heterocycles. The van der Waals surface area contributed by atoms with E-state index >= 15 is 0 Å². The Morgan fingerprint density at radius 2 is 1.85 bits per heavy atom. The van der Waals surface area contributed by atoms with E-state index in [4.69, 9.17) is 32.7 Å². The maximum atomic E-state index is 12.5. The van der Waals surface area contributed by atoms with Gasteiger partial charge in [-0.15, -0.1) is 0 Å². The summed E-state index contributed by atoms with van der Waals surface area (Å²) < 4.78 is 12.2. The number of nitrogens with zero attached hydrogens (tertiary/aromatic N) is 1. The van der Waals surface area contributed by atoms with Crippen molar-refractivity contribution in [1.82, 2.24) is 5.32 Å². The van der Waals surface area contributed by atoms with E-state index in [0.29, 0.717) is 31.6 Å². The molecule has 0 aliphatic carbocycles. The maximum absolute atomic E-state index is 12.5. The van der Waals surface area contributed by atoms with Crippen LogP contribution in [0.15, 0.2) is 75.0 Å². The molecule has 0 spiro atoms. The third-order valence-corrected chi connectivity index (χ3v) is 6.92. The number of hydrogen-bond acceptors (Lipinski definition) is 5. The number of ether oxygens (including phenoxy) is 2. The van der Waals surface area contributed by atoms with Crippen LogP contribution in [0.25, 0.3) is 6.08 Å². The zero-order chi connectivity index (χ0) is 23.4. The van der Waals surface area contributed by atoms with Gasteiger partial charge >= 0.3 is 0 Å². The van der Waals surface area contributed by atoms with Crippen molar-refractivity contribution in [3.8, 4) is 11.5 Å². The Kier molecular flexibility index (Phi) is 7.65. The predicted molar refractivity (Wildman–Crippen MR) is 139 cm³/mol. The van der Waals surface area contributed by atoms with Crippen molar-refractivity contribution in [2.24, 2.45) is 4.99 Å². The molecule has 0 aromatic heterocycles. The molecule has 3 aromatic rings. The molecule has 9 heteroatoms. The number of nitrogens with one attached hydrogen (secondary N) is 1. The molecule has 0 bridgehead atoms. The molecule has 3 aromatic carbocycles. The lowest BCUT2D eigenvalue weighted by molar-refractivity contribution is -0.115. The van der Waals surface area contributed by atoms with E-state index in [1.165, 1.54) is 11.8 Å². The quantitative estimate of drug-likeness (QED) is 0.321. The Labute approximate surface area is 213 Å². The summed E-state index contributed by atoms with van der Waals surface area (Å²) in [4.78, 5) is 17.4. The van der Waals surface area contributed by atoms with Crippen LogP contribution in [0.3, 0.4) is 0 Å². The van der Waals surface area contributed by atoms with Gasteiger partial charge in [-0.2, -0.15) is 0 Å². The summed E-state index contributed by atoms with van der Waals surface area (Å²) in [6.45, 7) is 0.289. The second-order valence-corrected chi connectivity index (χ2v) is 9.58. The minimum atomic E-state index is -0.208. The fraction of sp³-hybridized carbons (Fsp3) is 0.0833. The number of methoxy groups -OCH3 is 1. The average molecular weight is 564 g/mol. The van der Waals surface area contributed by atoms with Gasteiger partial charge in [0.25, 0.3) is 5.91 Å². The van der Waals surface area contributed by atoms with Crippen molar-refractivity contribution in [3.05, 3.63) is 91.2 Å². The van der Waals surface area contributed by atoms with Gasteiger partial charge in [-0.05, 0) is 65.4 Å². The maximum Gasteiger partial charge on any atom is 0.264 e. The smallest absolute Gasteiger partial charge is 0.264 e. The number of benzene rings is 3. The summed E-state index contributed by atoms with van der Waals surface area (Å²) in [5.74, 6) is 0.875. The van der Waals surface area contributed by atoms with E-state index in [9.17, 15) is 4.79 Å². The van der Waals surface area contributed by atoms with Gasteiger partial charge in [0, 0.05) is 4.47 Å². The van der Waals surface area contributed by atoms with Crippen molar-refractivity contribution in [1.29, 1.82) is 0 Å². The molecule has 33 heavy (non-hydrogen) atoms. The highest BCUT2D eigenvalue weighted by Gasteiger charge is 2.24. The molecule has 1 saturated heterocycles. The number of hydrogen-bond donors (Lipinski definition) is 1. The van der Waals surface area contributed by atoms with Crippen LogP contribution in [0.1, 0.15) is 11.1 Å². The highest BCUT2D eigenvalue weighted by atomic mass is 79.9. The van der Waals surface area contributed by atoms with Crippen LogP contribution in [0.2, 0.25) is 10.0 Å². The average Bonchev–Trinajstić information content (AvgIpc) is 3.15. The molecular weight excluding hydrogens is 547 g/mol. The SMILES string of the molecule is COc1cc(/C=C2/SC(=Nc3ccccc3)NC2=O)c(Br)cc1OCc1ccc(Cl)c(Cl)c1. The molecule has 5 nitrogen and oxygen atoms in total. The summed E-state index contributed by atoms with van der Waals surface area (Å²) >= 11 is 16.9. The third-order valence-electron chi connectivity index (χ3n) is 4.59. The third kappa shape index (κ3) is 5.92. The first-order valence-electron chi connectivity index (χ1n) is 9.72. The van der Waals surface area contributed by atoms with Crippen LogP contribution in [-0.2, 0) is 11.4 Å². The van der Waals surface area contributed by atoms with Crippen molar-refractivity contribution in [2.45, 2.75) is 6.61 Å². The van der Waals surface area contributed by atoms with E-state index in [1.54, 1.807) is 37.5 Å². The van der Waals surface area contributed by atoms with Crippen molar-refractivity contribution in [3.63, 3.8) is 0 Å². The molecule has 0 saturated carbocycles. The van der Waals surface area contributed by atoms with Gasteiger partial charge in [-0.25, -0.2) is 4.99 Å². The lowest BCUT2D eigenvalue weighted by Gasteiger charge is -2.13. The van der Waals surface area contributed by atoms with Gasteiger partial charge in [-0.1, -0.05) is 63.4 Å². The van der Waals surface area contributed by atoms with E-state index in [0.717, 1.165) is 21.3 Å². The first-order chi connectivity index (χ1) is 15.9. The zero-order valence-corrected chi connectivity index (χ0v) is 21.2. The predicted octanol–water partition coefficient (Wildman–Crippen LogP) is 7.24. The van der Waals surface area contributed by atoms with Gasteiger partial charge in [0.2, 0.25) is 0 Å².